The van der Waals surface area contributed by atoms with Crippen LogP contribution in [0.4, 0.5) is 0 Å². The molecule has 0 saturated heterocycles. The maximum atomic E-state index is 2.77. The van der Waals surface area contributed by atoms with Gasteiger partial charge in [-0.2, -0.15) is 0 Å². The van der Waals surface area contributed by atoms with Gasteiger partial charge in [-0.05, 0) is 188 Å². The van der Waals surface area contributed by atoms with E-state index in [0.717, 1.165) is 94.7 Å². The van der Waals surface area contributed by atoms with Gasteiger partial charge in [0, 0.05) is 0 Å². The van der Waals surface area contributed by atoms with Crippen LogP contribution in [0.5, 0.6) is 0 Å². The van der Waals surface area contributed by atoms with E-state index >= 15 is 0 Å². The third-order valence-electron chi connectivity index (χ3n) is 20.9. The van der Waals surface area contributed by atoms with E-state index in [2.05, 4.69) is 55.4 Å². The van der Waals surface area contributed by atoms with Gasteiger partial charge in [0.15, 0.2) is 0 Å². The summed E-state index contributed by atoms with van der Waals surface area (Å²) in [6, 6.07) is 0. The molecule has 0 heteroatoms. The lowest BCUT2D eigenvalue weighted by molar-refractivity contribution is -0.115. The summed E-state index contributed by atoms with van der Waals surface area (Å²) in [6.45, 7) is 21.0. The molecule has 0 N–H and O–H groups in total. The summed E-state index contributed by atoms with van der Waals surface area (Å²) in [7, 11) is 0. The summed E-state index contributed by atoms with van der Waals surface area (Å²) in [5.41, 5.74) is 1.70. The largest absolute Gasteiger partial charge is 0.0649 e. The Hall–Kier alpha value is 0. The van der Waals surface area contributed by atoms with Gasteiger partial charge in [0.2, 0.25) is 0 Å². The van der Waals surface area contributed by atoms with Crippen molar-refractivity contribution in [3.63, 3.8) is 0 Å². The summed E-state index contributed by atoms with van der Waals surface area (Å²) in [6.07, 6.45) is 34.5. The summed E-state index contributed by atoms with van der Waals surface area (Å²) < 4.78 is 0. The minimum Gasteiger partial charge on any atom is -0.0649 e. The first-order valence-electron chi connectivity index (χ1n) is 23.6. The molecular formula is C49H84. The van der Waals surface area contributed by atoms with Crippen molar-refractivity contribution in [2.75, 3.05) is 0 Å². The van der Waals surface area contributed by atoms with Crippen molar-refractivity contribution in [2.24, 2.45) is 111 Å². The zero-order valence-electron chi connectivity index (χ0n) is 34.3. The molecule has 280 valence electrons. The van der Waals surface area contributed by atoms with E-state index in [-0.39, 0.29) is 0 Å². The third kappa shape index (κ3) is 5.74. The second kappa shape index (κ2) is 13.7. The van der Waals surface area contributed by atoms with Gasteiger partial charge in [-0.1, -0.05) is 120 Å². The van der Waals surface area contributed by atoms with E-state index in [1.807, 2.05) is 0 Å². The Kier molecular flexibility index (Phi) is 10.1. The molecule has 8 rings (SSSR count). The lowest BCUT2D eigenvalue weighted by atomic mass is 9.44. The molecule has 1 spiro atoms. The smallest absolute Gasteiger partial charge is 0.0227 e. The Morgan fingerprint density at radius 2 is 1.10 bits per heavy atom. The fourth-order valence-electron chi connectivity index (χ4n) is 18.1. The standard InChI is InChI=1S/C49H84/c1-9-47(7,10-2)37-28-38(48(8,11-3)12-4)30-49(29-37)43-22-21-34-25-36-24-32-17-13-14-18-33(32)26-41(36)44(34)45(43)42-27-35(23-31(5)6)39-19-15-16-20-40(39)46(42)49/h31-46H,9-30H2,1-8H3. The van der Waals surface area contributed by atoms with Gasteiger partial charge in [-0.15, -0.1) is 0 Å². The minimum absolute atomic E-state index is 0.525. The SMILES string of the molecule is CCC(C)(CC)C1CC(C(C)(CC)CC)CC2(C1)C1CCC3CC4CC5CCCCC5CC4C3C1C1CC(CC(C)C)C3CCCCC3C12. The predicted octanol–water partition coefficient (Wildman–Crippen LogP) is 14.7. The van der Waals surface area contributed by atoms with Crippen LogP contribution in [0, 0.1) is 111 Å². The molecule has 0 aliphatic heterocycles. The molecule has 8 aliphatic carbocycles. The Morgan fingerprint density at radius 1 is 0.531 bits per heavy atom. The first-order chi connectivity index (χ1) is 23.6. The molecule has 0 amide bonds. The average molecular weight is 673 g/mol. The molecule has 8 fully saturated rings. The molecule has 0 bridgehead atoms. The fourth-order valence-corrected chi connectivity index (χ4v) is 18.1. The van der Waals surface area contributed by atoms with E-state index in [0.29, 0.717) is 16.2 Å². The van der Waals surface area contributed by atoms with Crippen LogP contribution in [0.1, 0.15) is 197 Å². The van der Waals surface area contributed by atoms with Crippen molar-refractivity contribution in [1.29, 1.82) is 0 Å². The average Bonchev–Trinajstić information content (AvgIpc) is 3.61. The summed E-state index contributed by atoms with van der Waals surface area (Å²) in [5.74, 6) is 16.9. The van der Waals surface area contributed by atoms with Crippen LogP contribution in [0.25, 0.3) is 0 Å². The van der Waals surface area contributed by atoms with Crippen molar-refractivity contribution in [1.82, 2.24) is 0 Å². The molecule has 15 atom stereocenters. The molecule has 0 nitrogen and oxygen atoms in total. The van der Waals surface area contributed by atoms with Crippen molar-refractivity contribution >= 4 is 0 Å². The highest BCUT2D eigenvalue weighted by Gasteiger charge is 2.71. The van der Waals surface area contributed by atoms with Gasteiger partial charge in [0.05, 0.1) is 0 Å². The minimum atomic E-state index is 0.525. The quantitative estimate of drug-likeness (QED) is 0.241. The summed E-state index contributed by atoms with van der Waals surface area (Å²) >= 11 is 0. The van der Waals surface area contributed by atoms with Crippen LogP contribution in [0.3, 0.4) is 0 Å². The Bertz CT molecular complexity index is 1090. The van der Waals surface area contributed by atoms with Crippen molar-refractivity contribution < 1.29 is 0 Å². The lowest BCUT2D eigenvalue weighted by Crippen LogP contribution is -2.53. The molecule has 0 aromatic heterocycles. The van der Waals surface area contributed by atoms with Crippen LogP contribution in [-0.4, -0.2) is 0 Å². The highest BCUT2D eigenvalue weighted by atomic mass is 14.8. The van der Waals surface area contributed by atoms with Crippen LogP contribution in [-0.2, 0) is 0 Å². The van der Waals surface area contributed by atoms with E-state index in [9.17, 15) is 0 Å². The van der Waals surface area contributed by atoms with Crippen molar-refractivity contribution in [3.05, 3.63) is 0 Å². The molecule has 0 radical (unpaired) electrons. The number of fused-ring (bicyclic) bond motifs is 12. The maximum absolute atomic E-state index is 2.77. The topological polar surface area (TPSA) is 0 Å². The number of rotatable bonds is 8. The normalized spacial score (nSPS) is 49.5. The zero-order chi connectivity index (χ0) is 34.3. The predicted molar refractivity (Wildman–Crippen MR) is 210 cm³/mol. The summed E-state index contributed by atoms with van der Waals surface area (Å²) in [5, 5.41) is 0. The van der Waals surface area contributed by atoms with E-state index in [1.165, 1.54) is 32.1 Å². The lowest BCUT2D eigenvalue weighted by Gasteiger charge is -2.60. The van der Waals surface area contributed by atoms with Gasteiger partial charge in [0.25, 0.3) is 0 Å². The maximum Gasteiger partial charge on any atom is -0.0227 e. The van der Waals surface area contributed by atoms with Crippen LogP contribution >= 0.6 is 0 Å². The van der Waals surface area contributed by atoms with Crippen molar-refractivity contribution in [2.45, 2.75) is 197 Å². The Morgan fingerprint density at radius 3 is 1.71 bits per heavy atom. The van der Waals surface area contributed by atoms with Gasteiger partial charge in [-0.25, -0.2) is 0 Å². The van der Waals surface area contributed by atoms with Gasteiger partial charge in [-0.3, -0.25) is 0 Å². The van der Waals surface area contributed by atoms with E-state index in [4.69, 9.17) is 0 Å². The molecule has 15 unspecified atom stereocenters. The fraction of sp³-hybridized carbons (Fsp3) is 1.00. The number of hydrogen-bond donors (Lipinski definition) is 0. The van der Waals surface area contributed by atoms with E-state index < -0.39 is 0 Å². The third-order valence-corrected chi connectivity index (χ3v) is 20.9. The van der Waals surface area contributed by atoms with Crippen LogP contribution in [0.15, 0.2) is 0 Å². The van der Waals surface area contributed by atoms with Gasteiger partial charge >= 0.3 is 0 Å². The monoisotopic (exact) mass is 673 g/mol. The molecule has 0 aromatic rings. The Balaban J connectivity index is 1.25. The van der Waals surface area contributed by atoms with Gasteiger partial charge in [0.1, 0.15) is 0 Å². The molecular weight excluding hydrogens is 589 g/mol. The molecule has 0 aromatic carbocycles. The second-order valence-electron chi connectivity index (χ2n) is 22.5. The zero-order valence-corrected chi connectivity index (χ0v) is 34.3. The highest BCUT2D eigenvalue weighted by molar-refractivity contribution is 5.19. The number of hydrogen-bond acceptors (Lipinski definition) is 0. The molecule has 49 heavy (non-hydrogen) atoms. The molecule has 8 aliphatic rings. The van der Waals surface area contributed by atoms with Crippen LogP contribution < -0.4 is 0 Å². The molecule has 8 saturated carbocycles. The van der Waals surface area contributed by atoms with E-state index in [1.54, 1.807) is 109 Å². The van der Waals surface area contributed by atoms with Crippen molar-refractivity contribution in [3.8, 4) is 0 Å². The second-order valence-corrected chi connectivity index (χ2v) is 22.5. The first-order valence-corrected chi connectivity index (χ1v) is 23.6. The molecule has 0 heterocycles. The Labute approximate surface area is 306 Å². The summed E-state index contributed by atoms with van der Waals surface area (Å²) in [4.78, 5) is 0. The highest BCUT2D eigenvalue weighted by Crippen LogP contribution is 2.78. The van der Waals surface area contributed by atoms with Crippen LogP contribution in [0.2, 0.25) is 0 Å². The first kappa shape index (κ1) is 36.0. The van der Waals surface area contributed by atoms with Gasteiger partial charge < -0.3 is 0 Å².